The Balaban J connectivity index is 1.76. The van der Waals surface area contributed by atoms with Gasteiger partial charge in [0.1, 0.15) is 0 Å². The van der Waals surface area contributed by atoms with Crippen LogP contribution >= 0.6 is 0 Å². The highest BCUT2D eigenvalue weighted by atomic mass is 16.5. The molecule has 1 heterocycles. The largest absolute Gasteiger partial charge is 0.378 e. The summed E-state index contributed by atoms with van der Waals surface area (Å²) in [5.74, 6) is 0. The van der Waals surface area contributed by atoms with Gasteiger partial charge in [0.05, 0.1) is 12.7 Å². The highest BCUT2D eigenvalue weighted by Crippen LogP contribution is 2.10. The van der Waals surface area contributed by atoms with Gasteiger partial charge in [0, 0.05) is 32.7 Å². The summed E-state index contributed by atoms with van der Waals surface area (Å²) in [7, 11) is 2.20. The van der Waals surface area contributed by atoms with Crippen LogP contribution in [0.25, 0.3) is 0 Å². The SMILES string of the molecule is CC(C)OCCc1ccc(CN2CCN(C)CC2)cc1. The molecule has 0 unspecified atom stereocenters. The van der Waals surface area contributed by atoms with E-state index in [2.05, 4.69) is 55.0 Å². The molecule has 1 aromatic carbocycles. The van der Waals surface area contributed by atoms with Crippen LogP contribution in [0, 0.1) is 0 Å². The van der Waals surface area contributed by atoms with Crippen molar-refractivity contribution in [3.63, 3.8) is 0 Å². The van der Waals surface area contributed by atoms with Crippen molar-refractivity contribution in [1.29, 1.82) is 0 Å². The zero-order valence-electron chi connectivity index (χ0n) is 13.1. The van der Waals surface area contributed by atoms with Crippen molar-refractivity contribution >= 4 is 0 Å². The average Bonchev–Trinajstić information content (AvgIpc) is 2.43. The molecule has 1 fully saturated rings. The Kier molecular flexibility index (Phi) is 6.02. The molecule has 0 radical (unpaired) electrons. The lowest BCUT2D eigenvalue weighted by Gasteiger charge is -2.32. The molecule has 0 atom stereocenters. The second-order valence-electron chi connectivity index (χ2n) is 6.07. The van der Waals surface area contributed by atoms with E-state index in [-0.39, 0.29) is 0 Å². The molecule has 0 N–H and O–H groups in total. The van der Waals surface area contributed by atoms with Crippen molar-refractivity contribution in [1.82, 2.24) is 9.80 Å². The number of likely N-dealkylation sites (N-methyl/N-ethyl adjacent to an activating group) is 1. The molecule has 2 rings (SSSR count). The minimum atomic E-state index is 0.325. The number of ether oxygens (including phenoxy) is 1. The molecule has 0 aliphatic carbocycles. The maximum atomic E-state index is 5.59. The van der Waals surface area contributed by atoms with Crippen LogP contribution in [0.3, 0.4) is 0 Å². The first-order valence-electron chi connectivity index (χ1n) is 7.74. The summed E-state index contributed by atoms with van der Waals surface area (Å²) in [5.41, 5.74) is 2.79. The van der Waals surface area contributed by atoms with Crippen molar-refractivity contribution in [2.24, 2.45) is 0 Å². The fourth-order valence-corrected chi connectivity index (χ4v) is 2.49. The van der Waals surface area contributed by atoms with Gasteiger partial charge < -0.3 is 9.64 Å². The lowest BCUT2D eigenvalue weighted by molar-refractivity contribution is 0.0813. The molecular formula is C17H28N2O. The first kappa shape index (κ1) is 15.5. The van der Waals surface area contributed by atoms with Crippen molar-refractivity contribution < 1.29 is 4.74 Å². The first-order chi connectivity index (χ1) is 9.63. The molecule has 0 bridgehead atoms. The average molecular weight is 276 g/mol. The van der Waals surface area contributed by atoms with Gasteiger partial charge >= 0.3 is 0 Å². The summed E-state index contributed by atoms with van der Waals surface area (Å²) in [5, 5.41) is 0. The molecule has 1 saturated heterocycles. The first-order valence-corrected chi connectivity index (χ1v) is 7.74. The number of rotatable bonds is 6. The normalized spacial score (nSPS) is 17.8. The minimum Gasteiger partial charge on any atom is -0.378 e. The molecule has 0 spiro atoms. The van der Waals surface area contributed by atoms with Gasteiger partial charge in [-0.25, -0.2) is 0 Å². The molecule has 3 heteroatoms. The van der Waals surface area contributed by atoms with Gasteiger partial charge in [-0.15, -0.1) is 0 Å². The topological polar surface area (TPSA) is 15.7 Å². The Morgan fingerprint density at radius 3 is 2.20 bits per heavy atom. The summed E-state index contributed by atoms with van der Waals surface area (Å²) in [6.45, 7) is 10.8. The third-order valence-corrected chi connectivity index (χ3v) is 3.87. The van der Waals surface area contributed by atoms with E-state index in [1.807, 2.05) is 0 Å². The highest BCUT2D eigenvalue weighted by molar-refractivity contribution is 5.22. The van der Waals surface area contributed by atoms with Gasteiger partial charge in [-0.1, -0.05) is 24.3 Å². The fraction of sp³-hybridized carbons (Fsp3) is 0.647. The fourth-order valence-electron chi connectivity index (χ4n) is 2.49. The number of hydrogen-bond acceptors (Lipinski definition) is 3. The third kappa shape index (κ3) is 5.23. The predicted molar refractivity (Wildman–Crippen MR) is 84.0 cm³/mol. The number of nitrogens with zero attached hydrogens (tertiary/aromatic N) is 2. The standard InChI is InChI=1S/C17H28N2O/c1-15(2)20-13-8-16-4-6-17(7-5-16)14-19-11-9-18(3)10-12-19/h4-7,15H,8-14H2,1-3H3. The molecular weight excluding hydrogens is 248 g/mol. The third-order valence-electron chi connectivity index (χ3n) is 3.87. The highest BCUT2D eigenvalue weighted by Gasteiger charge is 2.13. The molecule has 1 aliphatic heterocycles. The monoisotopic (exact) mass is 276 g/mol. The molecule has 0 saturated carbocycles. The molecule has 0 amide bonds. The van der Waals surface area contributed by atoms with Crippen LogP contribution in [0.4, 0.5) is 0 Å². The summed E-state index contributed by atoms with van der Waals surface area (Å²) < 4.78 is 5.59. The Bertz CT molecular complexity index is 380. The van der Waals surface area contributed by atoms with Crippen molar-refractivity contribution in [3.05, 3.63) is 35.4 Å². The Labute approximate surface area is 123 Å². The number of hydrogen-bond donors (Lipinski definition) is 0. The quantitative estimate of drug-likeness (QED) is 0.793. The lowest BCUT2D eigenvalue weighted by Crippen LogP contribution is -2.43. The number of piperazine rings is 1. The van der Waals surface area contributed by atoms with Crippen LogP contribution in [0.1, 0.15) is 25.0 Å². The maximum Gasteiger partial charge on any atom is 0.0519 e. The Hall–Kier alpha value is -0.900. The molecule has 20 heavy (non-hydrogen) atoms. The zero-order valence-corrected chi connectivity index (χ0v) is 13.1. The van der Waals surface area contributed by atoms with Gasteiger partial charge in [0.15, 0.2) is 0 Å². The second kappa shape index (κ2) is 7.77. The summed E-state index contributed by atoms with van der Waals surface area (Å²) in [6.07, 6.45) is 1.33. The van der Waals surface area contributed by atoms with E-state index in [9.17, 15) is 0 Å². The van der Waals surface area contributed by atoms with Crippen LogP contribution in [0.2, 0.25) is 0 Å². The van der Waals surface area contributed by atoms with E-state index in [0.717, 1.165) is 19.6 Å². The van der Waals surface area contributed by atoms with Crippen LogP contribution < -0.4 is 0 Å². The van der Waals surface area contributed by atoms with Crippen molar-refractivity contribution in [2.45, 2.75) is 32.9 Å². The van der Waals surface area contributed by atoms with Gasteiger partial charge in [0.25, 0.3) is 0 Å². The smallest absolute Gasteiger partial charge is 0.0519 e. The second-order valence-corrected chi connectivity index (χ2v) is 6.07. The van der Waals surface area contributed by atoms with Gasteiger partial charge in [-0.2, -0.15) is 0 Å². The Morgan fingerprint density at radius 1 is 1.00 bits per heavy atom. The van der Waals surface area contributed by atoms with Crippen LogP contribution in [0.5, 0.6) is 0 Å². The maximum absolute atomic E-state index is 5.59. The van der Waals surface area contributed by atoms with Gasteiger partial charge in [0.2, 0.25) is 0 Å². The van der Waals surface area contributed by atoms with Crippen LogP contribution in [-0.2, 0) is 17.7 Å². The summed E-state index contributed by atoms with van der Waals surface area (Å²) in [4.78, 5) is 4.94. The Morgan fingerprint density at radius 2 is 1.60 bits per heavy atom. The van der Waals surface area contributed by atoms with E-state index in [1.165, 1.54) is 37.3 Å². The molecule has 1 aromatic rings. The summed E-state index contributed by atoms with van der Waals surface area (Å²) >= 11 is 0. The molecule has 112 valence electrons. The van der Waals surface area contributed by atoms with Crippen molar-refractivity contribution in [2.75, 3.05) is 39.8 Å². The van der Waals surface area contributed by atoms with Gasteiger partial charge in [-0.3, -0.25) is 4.90 Å². The van der Waals surface area contributed by atoms with Crippen molar-refractivity contribution in [3.8, 4) is 0 Å². The number of benzene rings is 1. The molecule has 3 nitrogen and oxygen atoms in total. The van der Waals surface area contributed by atoms with E-state index < -0.39 is 0 Å². The van der Waals surface area contributed by atoms with E-state index in [1.54, 1.807) is 0 Å². The van der Waals surface area contributed by atoms with Gasteiger partial charge in [-0.05, 0) is 38.4 Å². The minimum absolute atomic E-state index is 0.325. The molecule has 0 aromatic heterocycles. The predicted octanol–water partition coefficient (Wildman–Crippen LogP) is 2.40. The van der Waals surface area contributed by atoms with Crippen LogP contribution in [0.15, 0.2) is 24.3 Å². The lowest BCUT2D eigenvalue weighted by atomic mass is 10.1. The van der Waals surface area contributed by atoms with Crippen LogP contribution in [-0.4, -0.2) is 55.7 Å². The van der Waals surface area contributed by atoms with E-state index in [4.69, 9.17) is 4.74 Å². The molecule has 1 aliphatic rings. The van der Waals surface area contributed by atoms with E-state index in [0.29, 0.717) is 6.10 Å². The summed E-state index contributed by atoms with van der Waals surface area (Å²) in [6, 6.07) is 9.02. The van der Waals surface area contributed by atoms with E-state index >= 15 is 0 Å². The zero-order chi connectivity index (χ0) is 14.4.